The first-order valence-electron chi connectivity index (χ1n) is 13.0. The Balaban J connectivity index is 1.42. The fourth-order valence-electron chi connectivity index (χ4n) is 4.82. The fraction of sp³-hybridized carbons (Fsp3) is 0.241. The van der Waals surface area contributed by atoms with Crippen LogP contribution in [-0.2, 0) is 4.79 Å². The predicted molar refractivity (Wildman–Crippen MR) is 159 cm³/mol. The first kappa shape index (κ1) is 28.3. The van der Waals surface area contributed by atoms with E-state index in [9.17, 15) is 19.7 Å². The molecule has 0 radical (unpaired) electrons. The Kier molecular flexibility index (Phi) is 8.61. The van der Waals surface area contributed by atoms with Gasteiger partial charge in [-0.25, -0.2) is 4.98 Å². The number of para-hydroxylation sites is 1. The van der Waals surface area contributed by atoms with Gasteiger partial charge in [0.05, 0.1) is 27.1 Å². The molecule has 0 unspecified atom stereocenters. The Morgan fingerprint density at radius 1 is 1.12 bits per heavy atom. The summed E-state index contributed by atoms with van der Waals surface area (Å²) >= 11 is 12.2. The van der Waals surface area contributed by atoms with Gasteiger partial charge >= 0.3 is 5.69 Å². The average Bonchev–Trinajstić information content (AvgIpc) is 2.97. The number of carbonyl (C=O) groups excluding carboxylic acids is 1. The van der Waals surface area contributed by atoms with Crippen molar-refractivity contribution in [1.82, 2.24) is 9.66 Å². The van der Waals surface area contributed by atoms with Crippen LogP contribution in [0.2, 0.25) is 10.0 Å². The molecule has 1 aliphatic carbocycles. The van der Waals surface area contributed by atoms with Crippen molar-refractivity contribution in [3.63, 3.8) is 0 Å². The average molecular weight is 594 g/mol. The number of benzene rings is 3. The Morgan fingerprint density at radius 2 is 1.85 bits per heavy atom. The summed E-state index contributed by atoms with van der Waals surface area (Å²) in [5, 5.41) is 19.8. The van der Waals surface area contributed by atoms with E-state index in [-0.39, 0.29) is 27.8 Å². The highest BCUT2D eigenvalue weighted by molar-refractivity contribution is 6.32. The van der Waals surface area contributed by atoms with Gasteiger partial charge in [-0.15, -0.1) is 0 Å². The summed E-state index contributed by atoms with van der Waals surface area (Å²) in [6.07, 6.45) is 6.34. The molecule has 1 aromatic heterocycles. The molecule has 1 N–H and O–H groups in total. The molecule has 12 heteroatoms. The molecule has 3 aromatic carbocycles. The van der Waals surface area contributed by atoms with Crippen LogP contribution < -0.4 is 15.6 Å². The van der Waals surface area contributed by atoms with Crippen molar-refractivity contribution in [1.29, 1.82) is 0 Å². The maximum absolute atomic E-state index is 13.4. The van der Waals surface area contributed by atoms with Crippen LogP contribution in [0.25, 0.3) is 10.9 Å². The van der Waals surface area contributed by atoms with Crippen LogP contribution in [0.4, 0.5) is 11.4 Å². The smallest absolute Gasteiger partial charge is 0.313 e. The third-order valence-electron chi connectivity index (χ3n) is 6.79. The van der Waals surface area contributed by atoms with Gasteiger partial charge in [0.15, 0.2) is 6.61 Å². The van der Waals surface area contributed by atoms with Crippen LogP contribution in [0.15, 0.2) is 70.6 Å². The molecule has 41 heavy (non-hydrogen) atoms. The maximum atomic E-state index is 13.4. The van der Waals surface area contributed by atoms with Crippen molar-refractivity contribution in [3.05, 3.63) is 103 Å². The van der Waals surface area contributed by atoms with Crippen molar-refractivity contribution >= 4 is 57.6 Å². The van der Waals surface area contributed by atoms with Gasteiger partial charge in [-0.3, -0.25) is 19.7 Å². The van der Waals surface area contributed by atoms with Gasteiger partial charge in [-0.05, 0) is 55.3 Å². The van der Waals surface area contributed by atoms with Crippen molar-refractivity contribution in [3.8, 4) is 5.75 Å². The first-order chi connectivity index (χ1) is 19.8. The molecule has 210 valence electrons. The Bertz CT molecular complexity index is 1700. The number of carbonyl (C=O) groups is 1. The van der Waals surface area contributed by atoms with E-state index in [0.717, 1.165) is 32.1 Å². The molecular formula is C29H25Cl2N5O5. The van der Waals surface area contributed by atoms with Gasteiger partial charge in [0.2, 0.25) is 5.75 Å². The number of halogens is 2. The zero-order valence-corrected chi connectivity index (χ0v) is 23.3. The summed E-state index contributed by atoms with van der Waals surface area (Å²) in [6, 6.07) is 16.2. The Morgan fingerprint density at radius 3 is 2.59 bits per heavy atom. The predicted octanol–water partition coefficient (Wildman–Crippen LogP) is 6.56. The summed E-state index contributed by atoms with van der Waals surface area (Å²) in [7, 11) is 0. The number of nitrogens with one attached hydrogen (secondary N) is 1. The van der Waals surface area contributed by atoms with Crippen molar-refractivity contribution in [2.45, 2.75) is 38.0 Å². The fourth-order valence-corrected chi connectivity index (χ4v) is 5.23. The van der Waals surface area contributed by atoms with Gasteiger partial charge in [0, 0.05) is 28.3 Å². The van der Waals surface area contributed by atoms with E-state index in [4.69, 9.17) is 32.9 Å². The Labute approximate surface area is 244 Å². The summed E-state index contributed by atoms with van der Waals surface area (Å²) in [5.41, 5.74) is 0.592. The number of ether oxygens (including phenoxy) is 1. The minimum Gasteiger partial charge on any atom is -0.476 e. The van der Waals surface area contributed by atoms with E-state index in [2.05, 4.69) is 10.4 Å². The Hall–Kier alpha value is -4.28. The SMILES string of the molecule is O=C(COc1c(Cl)cc(C=Nn2c(C3CCCCC3)nc3ccccc3c2=O)cc1[N+](=O)[O-])Nc1ccc(Cl)cc1. The summed E-state index contributed by atoms with van der Waals surface area (Å²) in [4.78, 5) is 41.7. The van der Waals surface area contributed by atoms with E-state index in [1.807, 2.05) is 6.07 Å². The highest BCUT2D eigenvalue weighted by atomic mass is 35.5. The number of nitrogens with zero attached hydrogens (tertiary/aromatic N) is 4. The summed E-state index contributed by atoms with van der Waals surface area (Å²) in [6.45, 7) is -0.514. The molecule has 10 nitrogen and oxygen atoms in total. The van der Waals surface area contributed by atoms with Crippen LogP contribution in [0.3, 0.4) is 0 Å². The van der Waals surface area contributed by atoms with Crippen molar-refractivity contribution in [2.24, 2.45) is 5.10 Å². The van der Waals surface area contributed by atoms with Gasteiger partial charge < -0.3 is 10.1 Å². The number of anilines is 1. The van der Waals surface area contributed by atoms with E-state index in [1.54, 1.807) is 42.5 Å². The lowest BCUT2D eigenvalue weighted by Gasteiger charge is -2.22. The van der Waals surface area contributed by atoms with Gasteiger partial charge in [-0.1, -0.05) is 54.6 Å². The lowest BCUT2D eigenvalue weighted by molar-refractivity contribution is -0.385. The zero-order chi connectivity index (χ0) is 28.9. The second-order valence-corrected chi connectivity index (χ2v) is 10.5. The number of rotatable bonds is 8. The first-order valence-corrected chi connectivity index (χ1v) is 13.8. The molecule has 0 bridgehead atoms. The van der Waals surface area contributed by atoms with E-state index in [1.165, 1.54) is 23.0 Å². The van der Waals surface area contributed by atoms with Crippen molar-refractivity contribution in [2.75, 3.05) is 11.9 Å². The van der Waals surface area contributed by atoms with Gasteiger partial charge in [0.1, 0.15) is 5.82 Å². The quantitative estimate of drug-likeness (QED) is 0.140. The number of hydrogen-bond acceptors (Lipinski definition) is 7. The standard InChI is InChI=1S/C29H25Cl2N5O5/c30-20-10-12-21(13-11-20)33-26(37)17-41-27-23(31)14-18(15-25(27)36(39)40)16-32-35-28(19-6-2-1-3-7-19)34-24-9-5-4-8-22(24)29(35)38/h4-5,8-16,19H,1-3,6-7,17H2,(H,33,37). The molecule has 0 spiro atoms. The number of nitro groups is 1. The highest BCUT2D eigenvalue weighted by Gasteiger charge is 2.24. The molecule has 0 atom stereocenters. The molecule has 5 rings (SSSR count). The van der Waals surface area contributed by atoms with E-state index >= 15 is 0 Å². The third-order valence-corrected chi connectivity index (χ3v) is 7.32. The molecule has 1 heterocycles. The third kappa shape index (κ3) is 6.55. The lowest BCUT2D eigenvalue weighted by atomic mass is 9.88. The van der Waals surface area contributed by atoms with Crippen LogP contribution in [0, 0.1) is 10.1 Å². The van der Waals surface area contributed by atoms with E-state index < -0.39 is 23.1 Å². The highest BCUT2D eigenvalue weighted by Crippen LogP contribution is 2.36. The van der Waals surface area contributed by atoms with Crippen LogP contribution in [0.5, 0.6) is 5.75 Å². The van der Waals surface area contributed by atoms with Crippen LogP contribution in [0.1, 0.15) is 49.4 Å². The normalized spacial score (nSPS) is 13.9. The number of fused-ring (bicyclic) bond motifs is 1. The number of nitro benzene ring substituents is 1. The second-order valence-electron chi connectivity index (χ2n) is 9.64. The molecule has 0 aliphatic heterocycles. The van der Waals surface area contributed by atoms with Crippen LogP contribution in [-0.4, -0.2) is 33.3 Å². The maximum Gasteiger partial charge on any atom is 0.313 e. The van der Waals surface area contributed by atoms with Gasteiger partial charge in [-0.2, -0.15) is 9.78 Å². The molecule has 1 amide bonds. The molecule has 1 saturated carbocycles. The number of aromatic nitrogens is 2. The molecule has 1 fully saturated rings. The summed E-state index contributed by atoms with van der Waals surface area (Å²) in [5.74, 6) is -0.155. The molecular weight excluding hydrogens is 569 g/mol. The second kappa shape index (κ2) is 12.5. The topological polar surface area (TPSA) is 129 Å². The minimum absolute atomic E-state index is 0.0749. The molecule has 4 aromatic rings. The zero-order valence-electron chi connectivity index (χ0n) is 21.8. The monoisotopic (exact) mass is 593 g/mol. The molecule has 1 aliphatic rings. The minimum atomic E-state index is -0.660. The lowest BCUT2D eigenvalue weighted by Crippen LogP contribution is -2.25. The molecule has 0 saturated heterocycles. The van der Waals surface area contributed by atoms with Crippen LogP contribution >= 0.6 is 23.2 Å². The van der Waals surface area contributed by atoms with Gasteiger partial charge in [0.25, 0.3) is 11.5 Å². The number of hydrogen-bond donors (Lipinski definition) is 1. The van der Waals surface area contributed by atoms with E-state index in [0.29, 0.717) is 27.4 Å². The number of amides is 1. The summed E-state index contributed by atoms with van der Waals surface area (Å²) < 4.78 is 6.73. The largest absolute Gasteiger partial charge is 0.476 e. The van der Waals surface area contributed by atoms with Crippen molar-refractivity contribution < 1.29 is 14.5 Å².